The van der Waals surface area contributed by atoms with Gasteiger partial charge < -0.3 is 4.74 Å². The standard InChI is InChI=1S/C25H26F6O2S/c1-3-33-20(32)12-13-34-24-18(10-11-19(23(24)28)25(29,30)31)17-9-8-16(21(26)22(17)27)15-6-4-14(2)5-7-15/h8-11,14-15H,3-7,12-13H2,1-2H3. The van der Waals surface area contributed by atoms with E-state index in [4.69, 9.17) is 4.74 Å². The van der Waals surface area contributed by atoms with Gasteiger partial charge in [0.25, 0.3) is 0 Å². The number of hydrogen-bond acceptors (Lipinski definition) is 3. The molecule has 0 saturated heterocycles. The summed E-state index contributed by atoms with van der Waals surface area (Å²) >= 11 is 0.635. The molecule has 186 valence electrons. The number of ether oxygens (including phenoxy) is 1. The predicted molar refractivity (Wildman–Crippen MR) is 119 cm³/mol. The Hall–Kier alpha value is -2.16. The molecule has 1 fully saturated rings. The van der Waals surface area contributed by atoms with Crippen LogP contribution in [0.4, 0.5) is 26.3 Å². The van der Waals surface area contributed by atoms with Crippen molar-refractivity contribution in [1.29, 1.82) is 0 Å². The van der Waals surface area contributed by atoms with E-state index in [1.807, 2.05) is 0 Å². The first-order chi connectivity index (χ1) is 16.0. The van der Waals surface area contributed by atoms with Gasteiger partial charge in [0.05, 0.1) is 23.5 Å². The van der Waals surface area contributed by atoms with Crippen LogP contribution in [0.15, 0.2) is 29.2 Å². The van der Waals surface area contributed by atoms with Crippen LogP contribution < -0.4 is 0 Å². The van der Waals surface area contributed by atoms with Crippen LogP contribution in [0, 0.1) is 23.4 Å². The van der Waals surface area contributed by atoms with E-state index in [2.05, 4.69) is 6.92 Å². The van der Waals surface area contributed by atoms with Gasteiger partial charge in [-0.25, -0.2) is 13.2 Å². The van der Waals surface area contributed by atoms with Crippen molar-refractivity contribution in [1.82, 2.24) is 0 Å². The van der Waals surface area contributed by atoms with E-state index in [1.54, 1.807) is 6.92 Å². The molecule has 1 aliphatic carbocycles. The molecule has 0 aliphatic heterocycles. The highest BCUT2D eigenvalue weighted by Crippen LogP contribution is 2.43. The lowest BCUT2D eigenvalue weighted by Crippen LogP contribution is -2.13. The quantitative estimate of drug-likeness (QED) is 0.216. The first kappa shape index (κ1) is 26.4. The molecule has 0 unspecified atom stereocenters. The van der Waals surface area contributed by atoms with Crippen LogP contribution in [0.25, 0.3) is 11.1 Å². The van der Waals surface area contributed by atoms with Crippen molar-refractivity contribution in [3.8, 4) is 11.1 Å². The van der Waals surface area contributed by atoms with Crippen LogP contribution >= 0.6 is 11.8 Å². The Morgan fingerprint density at radius 2 is 1.62 bits per heavy atom. The van der Waals surface area contributed by atoms with Gasteiger partial charge in [0.15, 0.2) is 11.6 Å². The van der Waals surface area contributed by atoms with Gasteiger partial charge in [0.2, 0.25) is 0 Å². The van der Waals surface area contributed by atoms with Crippen LogP contribution in [-0.2, 0) is 15.7 Å². The van der Waals surface area contributed by atoms with Crippen LogP contribution in [0.5, 0.6) is 0 Å². The van der Waals surface area contributed by atoms with Crippen molar-refractivity contribution < 1.29 is 35.9 Å². The minimum Gasteiger partial charge on any atom is -0.466 e. The van der Waals surface area contributed by atoms with E-state index < -0.39 is 40.1 Å². The summed E-state index contributed by atoms with van der Waals surface area (Å²) in [7, 11) is 0. The first-order valence-corrected chi connectivity index (χ1v) is 12.2. The van der Waals surface area contributed by atoms with Crippen molar-refractivity contribution in [2.24, 2.45) is 5.92 Å². The van der Waals surface area contributed by atoms with E-state index in [0.29, 0.717) is 23.7 Å². The molecule has 0 amide bonds. The van der Waals surface area contributed by atoms with Gasteiger partial charge in [0, 0.05) is 16.9 Å². The van der Waals surface area contributed by atoms with Crippen molar-refractivity contribution in [2.75, 3.05) is 12.4 Å². The minimum atomic E-state index is -4.97. The molecule has 0 atom stereocenters. The molecule has 1 saturated carbocycles. The summed E-state index contributed by atoms with van der Waals surface area (Å²) in [5.74, 6) is -4.15. The normalized spacial score (nSPS) is 18.7. The van der Waals surface area contributed by atoms with Crippen molar-refractivity contribution >= 4 is 17.7 Å². The second-order valence-electron chi connectivity index (χ2n) is 8.49. The molecule has 0 N–H and O–H groups in total. The SMILES string of the molecule is CCOC(=O)CCSc1c(-c2ccc(C3CCC(C)CC3)c(F)c2F)ccc(C(F)(F)F)c1F. The fraction of sp³-hybridized carbons (Fsp3) is 0.480. The molecule has 9 heteroatoms. The Morgan fingerprint density at radius 1 is 0.971 bits per heavy atom. The second-order valence-corrected chi connectivity index (χ2v) is 9.60. The largest absolute Gasteiger partial charge is 0.466 e. The maximum atomic E-state index is 15.2. The average Bonchev–Trinajstić information content (AvgIpc) is 2.77. The molecule has 0 bridgehead atoms. The lowest BCUT2D eigenvalue weighted by molar-refractivity contribution is -0.142. The highest BCUT2D eigenvalue weighted by atomic mass is 32.2. The third-order valence-electron chi connectivity index (χ3n) is 6.12. The van der Waals surface area contributed by atoms with Crippen LogP contribution in [0.1, 0.15) is 63.0 Å². The van der Waals surface area contributed by atoms with Gasteiger partial charge >= 0.3 is 12.1 Å². The van der Waals surface area contributed by atoms with E-state index >= 15 is 8.78 Å². The summed E-state index contributed by atoms with van der Waals surface area (Å²) < 4.78 is 89.8. The Balaban J connectivity index is 1.99. The highest BCUT2D eigenvalue weighted by molar-refractivity contribution is 7.99. The minimum absolute atomic E-state index is 0.0908. The second kappa shape index (κ2) is 11.1. The molecule has 1 aliphatic rings. The van der Waals surface area contributed by atoms with Gasteiger partial charge in [0.1, 0.15) is 5.82 Å². The van der Waals surface area contributed by atoms with E-state index in [9.17, 15) is 22.4 Å². The topological polar surface area (TPSA) is 26.3 Å². The summed E-state index contributed by atoms with van der Waals surface area (Å²) in [5.41, 5.74) is -1.79. The molecule has 3 rings (SSSR count). The van der Waals surface area contributed by atoms with Crippen molar-refractivity contribution in [2.45, 2.75) is 62.9 Å². The molecular weight excluding hydrogens is 478 g/mol. The monoisotopic (exact) mass is 504 g/mol. The molecule has 0 spiro atoms. The number of hydrogen-bond donors (Lipinski definition) is 0. The molecule has 2 aromatic rings. The van der Waals surface area contributed by atoms with Crippen molar-refractivity contribution in [3.05, 3.63) is 52.8 Å². The molecule has 0 radical (unpaired) electrons. The third kappa shape index (κ3) is 5.90. The van der Waals surface area contributed by atoms with Gasteiger partial charge in [-0.3, -0.25) is 4.79 Å². The van der Waals surface area contributed by atoms with Gasteiger partial charge in [-0.2, -0.15) is 13.2 Å². The number of carbonyl (C=O) groups is 1. The Bertz CT molecular complexity index is 1030. The van der Waals surface area contributed by atoms with E-state index in [-0.39, 0.29) is 41.4 Å². The third-order valence-corrected chi connectivity index (χ3v) is 7.21. The molecule has 0 heterocycles. The number of rotatable bonds is 7. The lowest BCUT2D eigenvalue weighted by Gasteiger charge is -2.27. The average molecular weight is 505 g/mol. The van der Waals surface area contributed by atoms with Crippen LogP contribution in [-0.4, -0.2) is 18.3 Å². The molecule has 34 heavy (non-hydrogen) atoms. The number of esters is 1. The number of halogens is 6. The Kier molecular flexibility index (Phi) is 8.60. The van der Waals surface area contributed by atoms with E-state index in [0.717, 1.165) is 31.7 Å². The maximum absolute atomic E-state index is 15.2. The summed E-state index contributed by atoms with van der Waals surface area (Å²) in [6, 6.07) is 4.20. The van der Waals surface area contributed by atoms with Gasteiger partial charge in [-0.05, 0) is 43.2 Å². The summed E-state index contributed by atoms with van der Waals surface area (Å²) in [6.07, 6.45) is -1.90. The van der Waals surface area contributed by atoms with E-state index in [1.165, 1.54) is 12.1 Å². The summed E-state index contributed by atoms with van der Waals surface area (Å²) in [6.45, 7) is 3.84. The molecule has 2 aromatic carbocycles. The fourth-order valence-corrected chi connectivity index (χ4v) is 5.30. The predicted octanol–water partition coefficient (Wildman–Crippen LogP) is 8.13. The number of thioether (sulfide) groups is 1. The van der Waals surface area contributed by atoms with Crippen molar-refractivity contribution in [3.63, 3.8) is 0 Å². The number of carbonyl (C=O) groups excluding carboxylic acids is 1. The van der Waals surface area contributed by atoms with Gasteiger partial charge in [-0.1, -0.05) is 38.0 Å². The fourth-order valence-electron chi connectivity index (χ4n) is 4.26. The molecule has 2 nitrogen and oxygen atoms in total. The van der Waals surface area contributed by atoms with Gasteiger partial charge in [-0.15, -0.1) is 11.8 Å². The number of alkyl halides is 3. The first-order valence-electron chi connectivity index (χ1n) is 11.2. The summed E-state index contributed by atoms with van der Waals surface area (Å²) in [4.78, 5) is 11.1. The molecular formula is C25H26F6O2S. The summed E-state index contributed by atoms with van der Waals surface area (Å²) in [5, 5.41) is 0. The Labute approximate surface area is 199 Å². The molecule has 0 aromatic heterocycles. The zero-order valence-corrected chi connectivity index (χ0v) is 19.7. The number of benzene rings is 2. The zero-order valence-electron chi connectivity index (χ0n) is 18.9. The van der Waals surface area contributed by atoms with Crippen LogP contribution in [0.2, 0.25) is 0 Å². The highest BCUT2D eigenvalue weighted by Gasteiger charge is 2.36. The van der Waals surface area contributed by atoms with Crippen LogP contribution in [0.3, 0.4) is 0 Å². The Morgan fingerprint density at radius 3 is 2.24 bits per heavy atom. The zero-order chi connectivity index (χ0) is 25.0. The maximum Gasteiger partial charge on any atom is 0.419 e. The lowest BCUT2D eigenvalue weighted by atomic mass is 9.79. The smallest absolute Gasteiger partial charge is 0.419 e.